The molecule has 7 nitrogen and oxygen atoms in total. The van der Waals surface area contributed by atoms with Gasteiger partial charge in [0.05, 0.1) is 11.5 Å². The topological polar surface area (TPSA) is 68.8 Å². The number of aromatic nitrogens is 1. The molecule has 2 unspecified atom stereocenters. The lowest BCUT2D eigenvalue weighted by atomic mass is 9.79. The highest BCUT2D eigenvalue weighted by molar-refractivity contribution is 7.23. The van der Waals surface area contributed by atoms with E-state index >= 15 is 0 Å². The van der Waals surface area contributed by atoms with Crippen molar-refractivity contribution in [2.45, 2.75) is 31.8 Å². The third-order valence-electron chi connectivity index (χ3n) is 6.77. The lowest BCUT2D eigenvalue weighted by Crippen LogP contribution is -2.62. The lowest BCUT2D eigenvalue weighted by molar-refractivity contribution is -0.120. The number of pyridine rings is 1. The first kappa shape index (κ1) is 19.0. The minimum Gasteiger partial charge on any atom is -0.346 e. The molecule has 2 bridgehead atoms. The minimum absolute atomic E-state index is 0.0943. The van der Waals surface area contributed by atoms with Crippen LogP contribution < -0.4 is 10.2 Å². The van der Waals surface area contributed by atoms with Gasteiger partial charge in [0.1, 0.15) is 5.69 Å². The summed E-state index contributed by atoms with van der Waals surface area (Å²) in [5.74, 6) is 0.593. The number of carbonyl (C=O) groups excluding carboxylic acids is 2. The van der Waals surface area contributed by atoms with Gasteiger partial charge in [0.15, 0.2) is 0 Å². The second-order valence-electron chi connectivity index (χ2n) is 8.59. The van der Waals surface area contributed by atoms with Crippen molar-refractivity contribution in [3.8, 4) is 0 Å². The second kappa shape index (κ2) is 7.34. The first-order valence-electron chi connectivity index (χ1n) is 10.4. The summed E-state index contributed by atoms with van der Waals surface area (Å²) in [5.41, 5.74) is 0.458. The maximum Gasteiger partial charge on any atom is 0.270 e. The Balaban J connectivity index is 1.34. The predicted octanol–water partition coefficient (Wildman–Crippen LogP) is 1.79. The van der Waals surface area contributed by atoms with Crippen molar-refractivity contribution in [2.75, 3.05) is 44.7 Å². The molecule has 0 spiro atoms. The fraction of sp³-hybridized carbons (Fsp3) is 0.571. The van der Waals surface area contributed by atoms with Gasteiger partial charge in [0.2, 0.25) is 5.91 Å². The molecule has 4 aliphatic rings. The third-order valence-corrected chi connectivity index (χ3v) is 7.90. The lowest BCUT2D eigenvalue weighted by Gasteiger charge is -2.49. The number of carbonyl (C=O) groups is 2. The molecular formula is C21H27N5O2S. The molecule has 2 aromatic heterocycles. The molecule has 2 amide bonds. The van der Waals surface area contributed by atoms with Crippen LogP contribution in [-0.2, 0) is 4.79 Å². The summed E-state index contributed by atoms with van der Waals surface area (Å²) in [6, 6.07) is 4.45. The summed E-state index contributed by atoms with van der Waals surface area (Å²) in [7, 11) is 1.96. The zero-order chi connectivity index (χ0) is 20.1. The normalized spacial score (nSPS) is 30.1. The van der Waals surface area contributed by atoms with Crippen LogP contribution >= 0.6 is 11.3 Å². The summed E-state index contributed by atoms with van der Waals surface area (Å²) < 4.78 is 0.994. The van der Waals surface area contributed by atoms with Crippen LogP contribution in [0.3, 0.4) is 0 Å². The Hall–Kier alpha value is -2.03. The van der Waals surface area contributed by atoms with Crippen molar-refractivity contribution >= 4 is 38.2 Å². The highest BCUT2D eigenvalue weighted by Crippen LogP contribution is 2.34. The minimum atomic E-state index is -0.0943. The molecule has 6 rings (SSSR count). The van der Waals surface area contributed by atoms with Crippen LogP contribution in [0.25, 0.3) is 10.1 Å². The molecule has 4 fully saturated rings. The second-order valence-corrected chi connectivity index (χ2v) is 9.65. The average molecular weight is 414 g/mol. The van der Waals surface area contributed by atoms with E-state index in [2.05, 4.69) is 22.1 Å². The standard InChI is InChI=1S/C21H27N5O2S/c1-13-20(14-3-5-25(13)6-4-14)23-21(28)16-10-17-15(11-22-16)9-19(29-17)26-8-7-24(2)12-18(26)27/h9-11,13-14,20H,3-8,12H2,1-2H3,(H,23,28). The van der Waals surface area contributed by atoms with Gasteiger partial charge in [-0.3, -0.25) is 24.4 Å². The Morgan fingerprint density at radius 2 is 2.00 bits per heavy atom. The van der Waals surface area contributed by atoms with Gasteiger partial charge in [-0.25, -0.2) is 0 Å². The number of likely N-dealkylation sites (N-methyl/N-ethyl adjacent to an activating group) is 1. The van der Waals surface area contributed by atoms with Crippen LogP contribution in [0.4, 0.5) is 5.00 Å². The predicted molar refractivity (Wildman–Crippen MR) is 114 cm³/mol. The van der Waals surface area contributed by atoms with Crippen molar-refractivity contribution in [1.82, 2.24) is 20.1 Å². The zero-order valence-electron chi connectivity index (χ0n) is 16.9. The van der Waals surface area contributed by atoms with Crippen molar-refractivity contribution < 1.29 is 9.59 Å². The molecule has 0 saturated carbocycles. The Bertz CT molecular complexity index is 950. The fourth-order valence-electron chi connectivity index (χ4n) is 4.97. The van der Waals surface area contributed by atoms with Crippen molar-refractivity contribution in [3.05, 3.63) is 24.0 Å². The van der Waals surface area contributed by atoms with E-state index in [1.54, 1.807) is 17.5 Å². The molecule has 4 aliphatic heterocycles. The van der Waals surface area contributed by atoms with Gasteiger partial charge in [-0.15, -0.1) is 11.3 Å². The van der Waals surface area contributed by atoms with Crippen LogP contribution in [0.2, 0.25) is 0 Å². The van der Waals surface area contributed by atoms with Gasteiger partial charge in [-0.2, -0.15) is 0 Å². The van der Waals surface area contributed by atoms with Crippen LogP contribution in [0.5, 0.6) is 0 Å². The number of thiophene rings is 1. The number of hydrogen-bond acceptors (Lipinski definition) is 6. The first-order chi connectivity index (χ1) is 14.0. The van der Waals surface area contributed by atoms with Gasteiger partial charge in [0, 0.05) is 41.5 Å². The number of nitrogens with one attached hydrogen (secondary N) is 1. The molecule has 154 valence electrons. The van der Waals surface area contributed by atoms with Crippen molar-refractivity contribution in [2.24, 2.45) is 5.92 Å². The summed E-state index contributed by atoms with van der Waals surface area (Å²) in [5, 5.41) is 5.16. The van der Waals surface area contributed by atoms with Gasteiger partial charge >= 0.3 is 0 Å². The van der Waals surface area contributed by atoms with E-state index in [0.29, 0.717) is 30.7 Å². The van der Waals surface area contributed by atoms with Crippen LogP contribution in [0, 0.1) is 5.92 Å². The molecule has 0 aromatic carbocycles. The van der Waals surface area contributed by atoms with Gasteiger partial charge in [-0.05, 0) is 58.0 Å². The largest absolute Gasteiger partial charge is 0.346 e. The zero-order valence-corrected chi connectivity index (χ0v) is 17.7. The van der Waals surface area contributed by atoms with Crippen LogP contribution in [0.1, 0.15) is 30.3 Å². The number of anilines is 1. The molecule has 0 radical (unpaired) electrons. The highest BCUT2D eigenvalue weighted by Gasteiger charge is 2.40. The maximum absolute atomic E-state index is 12.9. The number of amides is 2. The number of nitrogens with zero attached hydrogens (tertiary/aromatic N) is 4. The molecule has 0 aliphatic carbocycles. The van der Waals surface area contributed by atoms with E-state index in [-0.39, 0.29) is 17.9 Å². The van der Waals surface area contributed by atoms with E-state index in [1.165, 1.54) is 0 Å². The molecule has 29 heavy (non-hydrogen) atoms. The molecule has 1 N–H and O–H groups in total. The van der Waals surface area contributed by atoms with Crippen LogP contribution in [0.15, 0.2) is 18.3 Å². The third kappa shape index (κ3) is 3.43. The Labute approximate surface area is 174 Å². The van der Waals surface area contributed by atoms with E-state index in [4.69, 9.17) is 0 Å². The average Bonchev–Trinajstić information content (AvgIpc) is 3.13. The quantitative estimate of drug-likeness (QED) is 0.831. The van der Waals surface area contributed by atoms with Gasteiger partial charge in [-0.1, -0.05) is 0 Å². The Kier molecular flexibility index (Phi) is 4.80. The number of piperidine rings is 3. The van der Waals surface area contributed by atoms with Crippen LogP contribution in [-0.4, -0.2) is 78.5 Å². The van der Waals surface area contributed by atoms with Gasteiger partial charge in [0.25, 0.3) is 5.91 Å². The molecule has 6 heterocycles. The van der Waals surface area contributed by atoms with E-state index in [9.17, 15) is 9.59 Å². The van der Waals surface area contributed by atoms with E-state index in [0.717, 1.165) is 47.6 Å². The summed E-state index contributed by atoms with van der Waals surface area (Å²) in [6.07, 6.45) is 4.08. The van der Waals surface area contributed by atoms with Gasteiger partial charge < -0.3 is 10.2 Å². The Morgan fingerprint density at radius 1 is 1.21 bits per heavy atom. The molecule has 4 saturated heterocycles. The number of hydrogen-bond donors (Lipinski definition) is 1. The highest BCUT2D eigenvalue weighted by atomic mass is 32.1. The fourth-order valence-corrected chi connectivity index (χ4v) is 6.09. The molecule has 2 aromatic rings. The molecule has 8 heteroatoms. The summed E-state index contributed by atoms with van der Waals surface area (Å²) in [4.78, 5) is 36.1. The SMILES string of the molecule is CC1C(NC(=O)c2cc3sc(N4CCN(C)CC4=O)cc3cn2)C2CCN1CC2. The summed E-state index contributed by atoms with van der Waals surface area (Å²) in [6.45, 7) is 6.50. The number of rotatable bonds is 3. The first-order valence-corrected chi connectivity index (χ1v) is 11.2. The number of fused-ring (bicyclic) bond motifs is 4. The smallest absolute Gasteiger partial charge is 0.270 e. The van der Waals surface area contributed by atoms with E-state index in [1.807, 2.05) is 29.0 Å². The van der Waals surface area contributed by atoms with Crippen molar-refractivity contribution in [3.63, 3.8) is 0 Å². The number of piperazine rings is 1. The monoisotopic (exact) mass is 413 g/mol. The molecular weight excluding hydrogens is 386 g/mol. The molecule has 2 atom stereocenters. The Morgan fingerprint density at radius 3 is 2.72 bits per heavy atom. The maximum atomic E-state index is 12.9. The van der Waals surface area contributed by atoms with E-state index < -0.39 is 0 Å². The summed E-state index contributed by atoms with van der Waals surface area (Å²) >= 11 is 1.56. The van der Waals surface area contributed by atoms with Crippen molar-refractivity contribution in [1.29, 1.82) is 0 Å².